The number of aromatic amines is 1. The van der Waals surface area contributed by atoms with Gasteiger partial charge in [0.25, 0.3) is 0 Å². The molecule has 0 saturated heterocycles. The molecule has 0 aliphatic rings. The zero-order chi connectivity index (χ0) is 12.1. The molecule has 2 aromatic rings. The van der Waals surface area contributed by atoms with Crippen molar-refractivity contribution in [2.75, 3.05) is 6.54 Å². The summed E-state index contributed by atoms with van der Waals surface area (Å²) in [5.74, 6) is 1.55. The first-order chi connectivity index (χ1) is 8.29. The first-order valence-electron chi connectivity index (χ1n) is 5.84. The van der Waals surface area contributed by atoms with Crippen LogP contribution in [0.3, 0.4) is 0 Å². The lowest BCUT2D eigenvalue weighted by molar-refractivity contribution is 0.666. The van der Waals surface area contributed by atoms with E-state index in [1.165, 1.54) is 0 Å². The molecule has 17 heavy (non-hydrogen) atoms. The van der Waals surface area contributed by atoms with Crippen LogP contribution in [0.2, 0.25) is 0 Å². The van der Waals surface area contributed by atoms with Crippen molar-refractivity contribution in [1.82, 2.24) is 25.3 Å². The van der Waals surface area contributed by atoms with Crippen LogP contribution in [0.15, 0.2) is 18.5 Å². The minimum absolute atomic E-state index is 0.754. The van der Waals surface area contributed by atoms with Crippen molar-refractivity contribution in [1.29, 1.82) is 0 Å². The van der Waals surface area contributed by atoms with Crippen molar-refractivity contribution >= 4 is 0 Å². The predicted octanol–water partition coefficient (Wildman–Crippen LogP) is 1.67. The van der Waals surface area contributed by atoms with Gasteiger partial charge in [-0.1, -0.05) is 6.92 Å². The van der Waals surface area contributed by atoms with Gasteiger partial charge in [0.05, 0.1) is 6.20 Å². The van der Waals surface area contributed by atoms with E-state index in [2.05, 4.69) is 32.2 Å². The Bertz CT molecular complexity index is 477. The summed E-state index contributed by atoms with van der Waals surface area (Å²) in [4.78, 5) is 16.0. The Morgan fingerprint density at radius 3 is 3.00 bits per heavy atom. The quantitative estimate of drug-likeness (QED) is 0.768. The zero-order valence-electron chi connectivity index (χ0n) is 10.2. The largest absolute Gasteiger partial charge is 0.339 e. The highest BCUT2D eigenvalue weighted by atomic mass is 15.0. The van der Waals surface area contributed by atoms with Crippen molar-refractivity contribution in [2.24, 2.45) is 0 Å². The van der Waals surface area contributed by atoms with Gasteiger partial charge in [-0.3, -0.25) is 0 Å². The number of H-pyrrole nitrogens is 1. The second-order valence-electron chi connectivity index (χ2n) is 3.92. The number of imidazole rings is 1. The summed E-state index contributed by atoms with van der Waals surface area (Å²) in [5, 5.41) is 3.32. The number of rotatable bonds is 5. The summed E-state index contributed by atoms with van der Waals surface area (Å²) in [6.45, 7) is 5.84. The van der Waals surface area contributed by atoms with E-state index in [-0.39, 0.29) is 0 Å². The van der Waals surface area contributed by atoms with Gasteiger partial charge in [-0.15, -0.1) is 0 Å². The van der Waals surface area contributed by atoms with Crippen LogP contribution in [0.25, 0.3) is 11.5 Å². The van der Waals surface area contributed by atoms with Crippen LogP contribution in [0.4, 0.5) is 0 Å². The molecule has 0 atom stereocenters. The molecule has 0 aliphatic heterocycles. The number of aromatic nitrogens is 4. The standard InChI is InChI=1S/C12H17N5/c1-3-5-13-7-10-8-15-12(17-10)11-4-6-14-9(2)16-11/h4,6,8,13H,3,5,7H2,1-2H3,(H,15,17). The van der Waals surface area contributed by atoms with Gasteiger partial charge >= 0.3 is 0 Å². The maximum absolute atomic E-state index is 4.33. The van der Waals surface area contributed by atoms with Gasteiger partial charge in [-0.25, -0.2) is 15.0 Å². The van der Waals surface area contributed by atoms with Gasteiger partial charge in [0.1, 0.15) is 11.5 Å². The van der Waals surface area contributed by atoms with Crippen LogP contribution in [-0.2, 0) is 6.54 Å². The van der Waals surface area contributed by atoms with E-state index in [9.17, 15) is 0 Å². The molecule has 5 nitrogen and oxygen atoms in total. The van der Waals surface area contributed by atoms with E-state index in [1.54, 1.807) is 6.20 Å². The fraction of sp³-hybridized carbons (Fsp3) is 0.417. The van der Waals surface area contributed by atoms with Crippen LogP contribution in [-0.4, -0.2) is 26.5 Å². The molecule has 2 aromatic heterocycles. The van der Waals surface area contributed by atoms with Crippen molar-refractivity contribution < 1.29 is 0 Å². The Morgan fingerprint density at radius 2 is 2.24 bits per heavy atom. The molecular formula is C12H17N5. The zero-order valence-corrected chi connectivity index (χ0v) is 10.2. The molecule has 0 unspecified atom stereocenters. The number of nitrogens with one attached hydrogen (secondary N) is 2. The fourth-order valence-corrected chi connectivity index (χ4v) is 1.57. The maximum Gasteiger partial charge on any atom is 0.156 e. The third-order valence-electron chi connectivity index (χ3n) is 2.39. The molecule has 5 heteroatoms. The molecule has 2 rings (SSSR count). The smallest absolute Gasteiger partial charge is 0.156 e. The van der Waals surface area contributed by atoms with E-state index in [0.29, 0.717) is 0 Å². The first kappa shape index (κ1) is 11.7. The van der Waals surface area contributed by atoms with Crippen LogP contribution >= 0.6 is 0 Å². The minimum Gasteiger partial charge on any atom is -0.339 e. The molecule has 0 amide bonds. The molecule has 90 valence electrons. The summed E-state index contributed by atoms with van der Waals surface area (Å²) in [6, 6.07) is 1.86. The minimum atomic E-state index is 0.754. The van der Waals surface area contributed by atoms with Gasteiger partial charge in [-0.05, 0) is 26.0 Å². The van der Waals surface area contributed by atoms with Crippen LogP contribution in [0.1, 0.15) is 24.9 Å². The Balaban J connectivity index is 2.07. The molecule has 0 radical (unpaired) electrons. The molecule has 0 saturated carbocycles. The molecule has 0 aliphatic carbocycles. The van der Waals surface area contributed by atoms with E-state index < -0.39 is 0 Å². The second kappa shape index (κ2) is 5.54. The van der Waals surface area contributed by atoms with Gasteiger partial charge in [0.2, 0.25) is 0 Å². The van der Waals surface area contributed by atoms with Crippen molar-refractivity contribution in [3.05, 3.63) is 30.0 Å². The number of hydrogen-bond acceptors (Lipinski definition) is 4. The molecule has 0 bridgehead atoms. The van der Waals surface area contributed by atoms with Gasteiger partial charge in [-0.2, -0.15) is 0 Å². The number of nitrogens with zero attached hydrogens (tertiary/aromatic N) is 3. The molecule has 0 fully saturated rings. The maximum atomic E-state index is 4.33. The predicted molar refractivity (Wildman–Crippen MR) is 66.3 cm³/mol. The second-order valence-corrected chi connectivity index (χ2v) is 3.92. The first-order valence-corrected chi connectivity index (χ1v) is 5.84. The molecule has 2 N–H and O–H groups in total. The van der Waals surface area contributed by atoms with E-state index in [1.807, 2.05) is 19.2 Å². The molecule has 2 heterocycles. The lowest BCUT2D eigenvalue weighted by atomic mass is 10.4. The summed E-state index contributed by atoms with van der Waals surface area (Å²) < 4.78 is 0. The summed E-state index contributed by atoms with van der Waals surface area (Å²) >= 11 is 0. The van der Waals surface area contributed by atoms with Crippen LogP contribution in [0, 0.1) is 6.92 Å². The highest BCUT2D eigenvalue weighted by molar-refractivity contribution is 5.48. The third kappa shape index (κ3) is 3.10. The SMILES string of the molecule is CCCNCc1cnc(-c2ccnc(C)n2)[nH]1. The number of hydrogen-bond donors (Lipinski definition) is 2. The summed E-state index contributed by atoms with van der Waals surface area (Å²) in [7, 11) is 0. The van der Waals surface area contributed by atoms with Crippen molar-refractivity contribution in [3.8, 4) is 11.5 Å². The average molecular weight is 231 g/mol. The lowest BCUT2D eigenvalue weighted by Gasteiger charge is -1.99. The molecule has 0 aromatic carbocycles. The van der Waals surface area contributed by atoms with E-state index in [0.717, 1.165) is 42.5 Å². The summed E-state index contributed by atoms with van der Waals surface area (Å²) in [6.07, 6.45) is 4.72. The Labute approximate surface area is 101 Å². The van der Waals surface area contributed by atoms with E-state index in [4.69, 9.17) is 0 Å². The molecular weight excluding hydrogens is 214 g/mol. The van der Waals surface area contributed by atoms with Gasteiger partial charge < -0.3 is 10.3 Å². The summed E-state index contributed by atoms with van der Waals surface area (Å²) in [5.41, 5.74) is 1.91. The Kier molecular flexibility index (Phi) is 3.82. The van der Waals surface area contributed by atoms with Gasteiger partial charge in [0.15, 0.2) is 5.82 Å². The monoisotopic (exact) mass is 231 g/mol. The number of aryl methyl sites for hydroxylation is 1. The van der Waals surface area contributed by atoms with Gasteiger partial charge in [0, 0.05) is 18.4 Å². The third-order valence-corrected chi connectivity index (χ3v) is 2.39. The highest BCUT2D eigenvalue weighted by Gasteiger charge is 2.04. The normalized spacial score (nSPS) is 10.7. The van der Waals surface area contributed by atoms with Crippen molar-refractivity contribution in [2.45, 2.75) is 26.8 Å². The Morgan fingerprint density at radius 1 is 1.35 bits per heavy atom. The lowest BCUT2D eigenvalue weighted by Crippen LogP contribution is -2.13. The Hall–Kier alpha value is -1.75. The highest BCUT2D eigenvalue weighted by Crippen LogP contribution is 2.11. The van der Waals surface area contributed by atoms with Crippen LogP contribution < -0.4 is 5.32 Å². The van der Waals surface area contributed by atoms with Crippen molar-refractivity contribution in [3.63, 3.8) is 0 Å². The topological polar surface area (TPSA) is 66.5 Å². The van der Waals surface area contributed by atoms with Crippen LogP contribution in [0.5, 0.6) is 0 Å². The average Bonchev–Trinajstić information content (AvgIpc) is 2.78. The molecule has 0 spiro atoms. The van der Waals surface area contributed by atoms with E-state index >= 15 is 0 Å². The fourth-order valence-electron chi connectivity index (χ4n) is 1.57.